The van der Waals surface area contributed by atoms with Crippen LogP contribution in [0.15, 0.2) is 36.5 Å². The topological polar surface area (TPSA) is 113 Å². The molecule has 1 heterocycles. The van der Waals surface area contributed by atoms with E-state index < -0.39 is 27.9 Å². The van der Waals surface area contributed by atoms with Gasteiger partial charge in [-0.05, 0) is 30.7 Å². The Balaban J connectivity index is 2.13. The van der Waals surface area contributed by atoms with Gasteiger partial charge in [0.05, 0.1) is 17.9 Å². The molecule has 14 heteroatoms. The van der Waals surface area contributed by atoms with Gasteiger partial charge in [-0.1, -0.05) is 37.4 Å². The highest BCUT2D eigenvalue weighted by Crippen LogP contribution is 2.36. The number of halogens is 4. The molecular formula is C24H28ClF3N2O7S. The summed E-state index contributed by atoms with van der Waals surface area (Å²) in [6.45, 7) is 2.20. The lowest BCUT2D eigenvalue weighted by Gasteiger charge is -2.13. The number of nitrogens with one attached hydrogen (secondary N) is 1. The van der Waals surface area contributed by atoms with Crippen LogP contribution < -0.4 is 14.2 Å². The molecule has 0 aliphatic heterocycles. The largest absolute Gasteiger partial charge is 0.491 e. The minimum atomic E-state index is -4.63. The fourth-order valence-corrected chi connectivity index (χ4v) is 4.09. The summed E-state index contributed by atoms with van der Waals surface area (Å²) in [6.07, 6.45) is -0.272. The monoisotopic (exact) mass is 580 g/mol. The number of carbonyl (C=O) groups is 1. The van der Waals surface area contributed by atoms with Crippen LogP contribution >= 0.6 is 11.6 Å². The van der Waals surface area contributed by atoms with Crippen molar-refractivity contribution < 1.29 is 45.3 Å². The Kier molecular flexibility index (Phi) is 12.1. The zero-order valence-electron chi connectivity index (χ0n) is 20.7. The fraction of sp³-hybridized carbons (Fsp3) is 0.417. The molecule has 1 amide bonds. The maximum absolute atomic E-state index is 12.9. The van der Waals surface area contributed by atoms with Crippen molar-refractivity contribution in [3.63, 3.8) is 0 Å². The summed E-state index contributed by atoms with van der Waals surface area (Å²) in [4.78, 5) is 15.5. The van der Waals surface area contributed by atoms with Crippen LogP contribution in [0.25, 0.3) is 6.08 Å². The van der Waals surface area contributed by atoms with Crippen molar-refractivity contribution in [3.05, 3.63) is 52.7 Å². The predicted molar refractivity (Wildman–Crippen MR) is 135 cm³/mol. The molecule has 210 valence electrons. The number of hydrogen-bond donors (Lipinski definition) is 1. The van der Waals surface area contributed by atoms with Crippen molar-refractivity contribution in [2.45, 2.75) is 32.4 Å². The number of nitrogens with zero attached hydrogens (tertiary/aromatic N) is 1. The summed E-state index contributed by atoms with van der Waals surface area (Å²) in [5, 5.41) is -0.361. The lowest BCUT2D eigenvalue weighted by Crippen LogP contribution is -2.33. The molecule has 0 saturated carbocycles. The molecule has 1 N–H and O–H groups in total. The molecule has 38 heavy (non-hydrogen) atoms. The Morgan fingerprint density at radius 3 is 2.61 bits per heavy atom. The summed E-state index contributed by atoms with van der Waals surface area (Å²) in [5.41, 5.74) is -0.618. The first-order valence-corrected chi connectivity index (χ1v) is 13.5. The van der Waals surface area contributed by atoms with Gasteiger partial charge in [0.1, 0.15) is 29.7 Å². The van der Waals surface area contributed by atoms with Gasteiger partial charge in [0, 0.05) is 24.9 Å². The fourth-order valence-electron chi connectivity index (χ4n) is 2.88. The molecule has 1 aromatic carbocycles. The minimum Gasteiger partial charge on any atom is -0.491 e. The first-order chi connectivity index (χ1) is 17.9. The molecule has 2 rings (SSSR count). The SMILES string of the molecule is CCCCCS(=O)(=O)NC(=O)OCC=Cc1ccc(OCCOC)cc1Oc1ncc(C(F)(F)F)cc1Cl. The first kappa shape index (κ1) is 31.2. The number of sulfonamides is 1. The molecule has 1 aromatic heterocycles. The summed E-state index contributed by atoms with van der Waals surface area (Å²) in [7, 11) is -2.29. The van der Waals surface area contributed by atoms with E-state index >= 15 is 0 Å². The number of rotatable bonds is 14. The van der Waals surface area contributed by atoms with Gasteiger partial charge in [0.2, 0.25) is 15.9 Å². The van der Waals surface area contributed by atoms with E-state index in [9.17, 15) is 26.4 Å². The summed E-state index contributed by atoms with van der Waals surface area (Å²) < 4.78 is 85.4. The van der Waals surface area contributed by atoms with E-state index in [-0.39, 0.29) is 35.6 Å². The quantitative estimate of drug-likeness (QED) is 0.278. The second kappa shape index (κ2) is 14.8. The number of pyridine rings is 1. The van der Waals surface area contributed by atoms with Gasteiger partial charge in [-0.3, -0.25) is 0 Å². The normalized spacial score (nSPS) is 11.9. The zero-order valence-corrected chi connectivity index (χ0v) is 22.3. The van der Waals surface area contributed by atoms with Gasteiger partial charge in [-0.25, -0.2) is 22.9 Å². The van der Waals surface area contributed by atoms with Crippen molar-refractivity contribution in [1.82, 2.24) is 9.71 Å². The van der Waals surface area contributed by atoms with E-state index in [1.54, 1.807) is 12.1 Å². The molecule has 0 bridgehead atoms. The van der Waals surface area contributed by atoms with Gasteiger partial charge >= 0.3 is 12.3 Å². The Morgan fingerprint density at radius 2 is 1.95 bits per heavy atom. The zero-order chi connectivity index (χ0) is 28.2. The molecule has 9 nitrogen and oxygen atoms in total. The van der Waals surface area contributed by atoms with Crippen LogP contribution in [0.2, 0.25) is 5.02 Å². The highest BCUT2D eigenvalue weighted by Gasteiger charge is 2.32. The summed E-state index contributed by atoms with van der Waals surface area (Å²) in [5.74, 6) is 0.0490. The van der Waals surface area contributed by atoms with Crippen molar-refractivity contribution in [2.75, 3.05) is 32.7 Å². The number of carbonyl (C=O) groups excluding carboxylic acids is 1. The molecule has 0 aliphatic rings. The van der Waals surface area contributed by atoms with Crippen LogP contribution in [-0.4, -0.2) is 52.2 Å². The highest BCUT2D eigenvalue weighted by atomic mass is 35.5. The van der Waals surface area contributed by atoms with Crippen LogP contribution in [0, 0.1) is 0 Å². The average molecular weight is 581 g/mol. The molecule has 0 atom stereocenters. The Bertz CT molecular complexity index is 1210. The molecular weight excluding hydrogens is 553 g/mol. The van der Waals surface area contributed by atoms with E-state index in [1.807, 2.05) is 11.6 Å². The second-order valence-corrected chi connectivity index (χ2v) is 10.0. The lowest BCUT2D eigenvalue weighted by atomic mass is 10.1. The third-order valence-electron chi connectivity index (χ3n) is 4.75. The van der Waals surface area contributed by atoms with Gasteiger partial charge < -0.3 is 18.9 Å². The average Bonchev–Trinajstić information content (AvgIpc) is 2.83. The number of ether oxygens (including phenoxy) is 4. The Labute approximate surface area is 223 Å². The minimum absolute atomic E-state index is 0.133. The molecule has 0 unspecified atom stereocenters. The number of aromatic nitrogens is 1. The number of hydrogen-bond acceptors (Lipinski definition) is 8. The second-order valence-electron chi connectivity index (χ2n) is 7.78. The van der Waals surface area contributed by atoms with E-state index in [0.717, 1.165) is 6.42 Å². The highest BCUT2D eigenvalue weighted by molar-refractivity contribution is 7.90. The summed E-state index contributed by atoms with van der Waals surface area (Å²) in [6, 6.07) is 5.37. The van der Waals surface area contributed by atoms with Crippen LogP contribution in [0.3, 0.4) is 0 Å². The number of methoxy groups -OCH3 is 1. The van der Waals surface area contributed by atoms with Crippen LogP contribution in [0.4, 0.5) is 18.0 Å². The molecule has 0 spiro atoms. The summed E-state index contributed by atoms with van der Waals surface area (Å²) >= 11 is 5.97. The predicted octanol–water partition coefficient (Wildman–Crippen LogP) is 5.83. The van der Waals surface area contributed by atoms with Gasteiger partial charge in [-0.2, -0.15) is 13.2 Å². The van der Waals surface area contributed by atoms with E-state index in [2.05, 4.69) is 4.98 Å². The molecule has 0 radical (unpaired) electrons. The van der Waals surface area contributed by atoms with Crippen molar-refractivity contribution >= 4 is 33.8 Å². The molecule has 0 fully saturated rings. The number of amides is 1. The van der Waals surface area contributed by atoms with E-state index in [4.69, 9.17) is 30.5 Å². The first-order valence-electron chi connectivity index (χ1n) is 11.5. The molecule has 0 aliphatic carbocycles. The Morgan fingerprint density at radius 1 is 1.18 bits per heavy atom. The van der Waals surface area contributed by atoms with Gasteiger partial charge in [0.25, 0.3) is 0 Å². The van der Waals surface area contributed by atoms with Crippen molar-refractivity contribution in [1.29, 1.82) is 0 Å². The lowest BCUT2D eigenvalue weighted by molar-refractivity contribution is -0.137. The Hall–Kier alpha value is -3.03. The maximum atomic E-state index is 12.9. The number of benzene rings is 1. The van der Waals surface area contributed by atoms with Gasteiger partial charge in [-0.15, -0.1) is 0 Å². The van der Waals surface area contributed by atoms with Crippen LogP contribution in [-0.2, 0) is 25.7 Å². The van der Waals surface area contributed by atoms with Crippen LogP contribution in [0.5, 0.6) is 17.4 Å². The van der Waals surface area contributed by atoms with Gasteiger partial charge in [0.15, 0.2) is 0 Å². The smallest absolute Gasteiger partial charge is 0.421 e. The van der Waals surface area contributed by atoms with E-state index in [1.165, 1.54) is 25.3 Å². The van der Waals surface area contributed by atoms with Crippen molar-refractivity contribution in [3.8, 4) is 17.4 Å². The van der Waals surface area contributed by atoms with Crippen molar-refractivity contribution in [2.24, 2.45) is 0 Å². The number of unbranched alkanes of at least 4 members (excludes halogenated alkanes) is 2. The number of alkyl halides is 3. The molecule has 0 saturated heterocycles. The third-order valence-corrected chi connectivity index (χ3v) is 6.32. The molecule has 2 aromatic rings. The van der Waals surface area contributed by atoms with E-state index in [0.29, 0.717) is 43.0 Å². The third kappa shape index (κ3) is 10.8. The maximum Gasteiger partial charge on any atom is 0.421 e. The standard InChI is InChI=1S/C24H28ClF3N2O7S/c1-3-4-5-13-38(32,33)30-23(31)36-10-6-7-17-8-9-19(35-12-11-34-2)15-21(17)37-22-20(25)14-18(16-29-22)24(26,27)28/h6-9,14-16H,3-5,10-13H2,1-2H3,(H,30,31). The van der Waals surface area contributed by atoms with Crippen LogP contribution in [0.1, 0.15) is 37.3 Å².